The second-order valence-corrected chi connectivity index (χ2v) is 24.4. The number of nitrogens with zero attached hydrogens (tertiary/aromatic N) is 1. The van der Waals surface area contributed by atoms with Gasteiger partial charge in [-0.25, -0.2) is 4.57 Å². The normalized spacial score (nSPS) is 14.0. The van der Waals surface area contributed by atoms with Crippen LogP contribution in [-0.4, -0.2) is 74.3 Å². The zero-order valence-electron chi connectivity index (χ0n) is 50.7. The number of carbonyl (C=O) groups excluding carboxylic acids is 2. The molecule has 0 aliphatic heterocycles. The molecule has 0 aromatic carbocycles. The molecule has 0 aromatic heterocycles. The Bertz CT molecular complexity index is 1490. The molecule has 0 radical (unpaired) electrons. The van der Waals surface area contributed by atoms with E-state index in [4.69, 9.17) is 13.8 Å². The first kappa shape index (κ1) is 73.7. The van der Waals surface area contributed by atoms with E-state index in [1.807, 2.05) is 33.3 Å². The molecule has 0 heterocycles. The Labute approximate surface area is 471 Å². The fourth-order valence-corrected chi connectivity index (χ4v) is 9.98. The average Bonchev–Trinajstić information content (AvgIpc) is 3.38. The van der Waals surface area contributed by atoms with Crippen LogP contribution in [0.1, 0.15) is 297 Å². The summed E-state index contributed by atoms with van der Waals surface area (Å²) in [6, 6.07) is -0.855. The third-order valence-electron chi connectivity index (χ3n) is 14.2. The molecule has 444 valence electrons. The van der Waals surface area contributed by atoms with Gasteiger partial charge in [-0.3, -0.25) is 18.6 Å². The van der Waals surface area contributed by atoms with Crippen LogP contribution >= 0.6 is 7.82 Å². The molecule has 0 spiro atoms. The summed E-state index contributed by atoms with van der Waals surface area (Å²) < 4.78 is 30.7. The number of unbranched alkanes of at least 4 members (excludes halogenated alkanes) is 34. The van der Waals surface area contributed by atoms with Crippen molar-refractivity contribution in [2.24, 2.45) is 0 Å². The summed E-state index contributed by atoms with van der Waals surface area (Å²) in [6.07, 6.45) is 70.8. The Morgan fingerprint density at radius 3 is 1.28 bits per heavy atom. The van der Waals surface area contributed by atoms with E-state index < -0.39 is 20.0 Å². The lowest BCUT2D eigenvalue weighted by Gasteiger charge is -2.27. The fourth-order valence-electron chi connectivity index (χ4n) is 9.24. The van der Waals surface area contributed by atoms with Crippen molar-refractivity contribution in [1.82, 2.24) is 5.32 Å². The predicted octanol–water partition coefficient (Wildman–Crippen LogP) is 19.8. The maximum atomic E-state index is 13.5. The Balaban J connectivity index is 5.12. The Morgan fingerprint density at radius 1 is 0.474 bits per heavy atom. The number of phosphoric acid groups is 1. The zero-order valence-corrected chi connectivity index (χ0v) is 51.6. The van der Waals surface area contributed by atoms with Gasteiger partial charge < -0.3 is 19.4 Å². The number of nitrogens with one attached hydrogen (secondary N) is 1. The summed E-state index contributed by atoms with van der Waals surface area (Å²) in [4.78, 5) is 37.7. The van der Waals surface area contributed by atoms with E-state index in [-0.39, 0.29) is 31.5 Å². The molecule has 10 heteroatoms. The summed E-state index contributed by atoms with van der Waals surface area (Å²) in [7, 11) is 1.49. The largest absolute Gasteiger partial charge is 0.472 e. The van der Waals surface area contributed by atoms with Crippen LogP contribution in [0.2, 0.25) is 0 Å². The number of carbonyl (C=O) groups is 2. The van der Waals surface area contributed by atoms with Gasteiger partial charge in [0.2, 0.25) is 5.91 Å². The Hall–Kier alpha value is -2.29. The van der Waals surface area contributed by atoms with Gasteiger partial charge in [0.1, 0.15) is 19.3 Å². The monoisotopic (exact) mass is 1090 g/mol. The number of hydrogen-bond donors (Lipinski definition) is 2. The van der Waals surface area contributed by atoms with Gasteiger partial charge in [0.25, 0.3) is 0 Å². The van der Waals surface area contributed by atoms with Gasteiger partial charge in [0.15, 0.2) is 0 Å². The number of rotatable bonds is 58. The van der Waals surface area contributed by atoms with Crippen molar-refractivity contribution in [2.45, 2.75) is 309 Å². The maximum absolute atomic E-state index is 13.5. The van der Waals surface area contributed by atoms with Crippen LogP contribution in [0.25, 0.3) is 0 Å². The van der Waals surface area contributed by atoms with Crippen molar-refractivity contribution in [3.05, 3.63) is 60.8 Å². The van der Waals surface area contributed by atoms with Gasteiger partial charge in [-0.2, -0.15) is 0 Å². The summed E-state index contributed by atoms with van der Waals surface area (Å²) in [6.45, 7) is 6.90. The Morgan fingerprint density at radius 2 is 0.842 bits per heavy atom. The summed E-state index contributed by atoms with van der Waals surface area (Å²) in [5.74, 6) is -0.514. The molecule has 0 saturated carbocycles. The molecule has 9 nitrogen and oxygen atoms in total. The molecule has 0 aliphatic rings. The lowest BCUT2D eigenvalue weighted by atomic mass is 10.0. The van der Waals surface area contributed by atoms with Gasteiger partial charge in [-0.1, -0.05) is 255 Å². The van der Waals surface area contributed by atoms with Crippen LogP contribution < -0.4 is 5.32 Å². The number of ether oxygens (including phenoxy) is 1. The second kappa shape index (κ2) is 56.0. The van der Waals surface area contributed by atoms with Crippen molar-refractivity contribution < 1.29 is 37.3 Å². The number of amides is 1. The third kappa shape index (κ3) is 56.4. The van der Waals surface area contributed by atoms with E-state index >= 15 is 0 Å². The molecule has 3 atom stereocenters. The highest BCUT2D eigenvalue weighted by molar-refractivity contribution is 7.47. The third-order valence-corrected chi connectivity index (χ3v) is 15.2. The van der Waals surface area contributed by atoms with E-state index in [1.54, 1.807) is 0 Å². The van der Waals surface area contributed by atoms with Gasteiger partial charge in [-0.05, 0) is 89.5 Å². The van der Waals surface area contributed by atoms with Crippen molar-refractivity contribution in [3.8, 4) is 0 Å². The number of likely N-dealkylation sites (N-methyl/N-ethyl adjacent to an activating group) is 1. The van der Waals surface area contributed by atoms with Crippen LogP contribution in [0.15, 0.2) is 60.8 Å². The number of allylic oxidation sites excluding steroid dienone is 9. The first-order valence-electron chi connectivity index (χ1n) is 32.1. The molecule has 0 aromatic rings. The van der Waals surface area contributed by atoms with Crippen LogP contribution in [-0.2, 0) is 27.9 Å². The van der Waals surface area contributed by atoms with E-state index in [2.05, 4.69) is 74.7 Å². The summed E-state index contributed by atoms with van der Waals surface area (Å²) >= 11 is 0. The predicted molar refractivity (Wildman–Crippen MR) is 328 cm³/mol. The first-order chi connectivity index (χ1) is 36.9. The highest BCUT2D eigenvalue weighted by Gasteiger charge is 2.30. The standard InChI is InChI=1S/C66H123N2O7P/c1-7-10-13-16-19-22-25-27-29-31-32-33-34-35-36-37-39-41-44-47-50-53-56-59-66(70)75-64(57-54-51-48-45-42-24-21-18-15-12-9-3)63(62-74-76(71,72)73-61-60-68(4,5)6)67-65(69)58-55-52-49-46-43-40-38-30-28-26-23-20-17-14-11-8-2/h11,14,20,23,27-30,54,57,63-64H,7-10,12-13,15-19,21-22,24-26,31-53,55-56,58-62H2,1-6H3,(H-,67,69,71,72)/p+1/b14-11+,23-20+,29-27+,30-28+,57-54-. The van der Waals surface area contributed by atoms with Crippen LogP contribution in [0.4, 0.5) is 0 Å². The lowest BCUT2D eigenvalue weighted by molar-refractivity contribution is -0.870. The highest BCUT2D eigenvalue weighted by Crippen LogP contribution is 2.43. The van der Waals surface area contributed by atoms with E-state index in [0.717, 1.165) is 89.9 Å². The molecule has 1 amide bonds. The zero-order chi connectivity index (χ0) is 55.7. The number of phosphoric ester groups is 1. The van der Waals surface area contributed by atoms with E-state index in [0.29, 0.717) is 17.4 Å². The summed E-state index contributed by atoms with van der Waals surface area (Å²) in [5.41, 5.74) is 0. The summed E-state index contributed by atoms with van der Waals surface area (Å²) in [5, 5.41) is 3.05. The number of esters is 1. The van der Waals surface area contributed by atoms with Gasteiger partial charge in [-0.15, -0.1) is 0 Å². The maximum Gasteiger partial charge on any atom is 0.472 e. The van der Waals surface area contributed by atoms with Crippen molar-refractivity contribution in [1.29, 1.82) is 0 Å². The average molecular weight is 1090 g/mol. The molecule has 0 fully saturated rings. The van der Waals surface area contributed by atoms with Crippen LogP contribution in [0.5, 0.6) is 0 Å². The van der Waals surface area contributed by atoms with Gasteiger partial charge in [0, 0.05) is 12.8 Å². The minimum Gasteiger partial charge on any atom is -0.456 e. The van der Waals surface area contributed by atoms with Crippen LogP contribution in [0, 0.1) is 0 Å². The Kier molecular flexibility index (Phi) is 54.3. The molecule has 0 saturated heterocycles. The topological polar surface area (TPSA) is 111 Å². The molecule has 3 unspecified atom stereocenters. The number of quaternary nitrogens is 1. The smallest absolute Gasteiger partial charge is 0.456 e. The van der Waals surface area contributed by atoms with Gasteiger partial charge in [0.05, 0.1) is 33.8 Å². The molecule has 0 rings (SSSR count). The lowest BCUT2D eigenvalue weighted by Crippen LogP contribution is -2.47. The highest BCUT2D eigenvalue weighted by atomic mass is 31.2. The van der Waals surface area contributed by atoms with E-state index in [9.17, 15) is 19.0 Å². The number of hydrogen-bond acceptors (Lipinski definition) is 6. The van der Waals surface area contributed by atoms with E-state index in [1.165, 1.54) is 173 Å². The minimum absolute atomic E-state index is 0.0368. The van der Waals surface area contributed by atoms with Crippen LogP contribution in [0.3, 0.4) is 0 Å². The SMILES string of the molecule is CC/C=C/C/C=C/C/C=C/CCCCCCCCC(=O)NC(COP(=O)(O)OCC[N+](C)(C)C)C(/C=C\CCCCCCCCCCC)OC(=O)CCCCCCCCCCCCCCC/C=C/CCCCCCCC. The first-order valence-corrected chi connectivity index (χ1v) is 33.6. The molecular formula is C66H124N2O7P+. The van der Waals surface area contributed by atoms with Crippen molar-refractivity contribution in [3.63, 3.8) is 0 Å². The minimum atomic E-state index is -4.45. The van der Waals surface area contributed by atoms with Crippen molar-refractivity contribution in [2.75, 3.05) is 40.9 Å². The molecule has 2 N–H and O–H groups in total. The van der Waals surface area contributed by atoms with Gasteiger partial charge >= 0.3 is 13.8 Å². The quantitative estimate of drug-likeness (QED) is 0.0205. The molecule has 0 aliphatic carbocycles. The molecular weight excluding hydrogens is 964 g/mol. The van der Waals surface area contributed by atoms with Crippen molar-refractivity contribution >= 4 is 19.7 Å². The molecule has 76 heavy (non-hydrogen) atoms. The second-order valence-electron chi connectivity index (χ2n) is 22.9. The molecule has 0 bridgehead atoms. The fraction of sp³-hybridized carbons (Fsp3) is 0.818.